The zero-order valence-electron chi connectivity index (χ0n) is 8.80. The molecule has 1 aromatic carbocycles. The van der Waals surface area contributed by atoms with Crippen LogP contribution in [-0.2, 0) is 20.9 Å². The van der Waals surface area contributed by atoms with Crippen molar-refractivity contribution in [2.75, 3.05) is 6.61 Å². The smallest absolute Gasteiger partial charge is 0.341 e. The molecule has 0 aliphatic rings. The molecule has 1 N–H and O–H groups in total. The summed E-state index contributed by atoms with van der Waals surface area (Å²) in [6.07, 6.45) is 0. The van der Waals surface area contributed by atoms with Gasteiger partial charge in [0.25, 0.3) is 0 Å². The van der Waals surface area contributed by atoms with Crippen LogP contribution in [0.1, 0.15) is 12.5 Å². The third-order valence-corrected chi connectivity index (χ3v) is 1.73. The highest BCUT2D eigenvalue weighted by Crippen LogP contribution is 2.12. The van der Waals surface area contributed by atoms with Gasteiger partial charge >= 0.3 is 11.9 Å². The van der Waals surface area contributed by atoms with E-state index in [1.807, 2.05) is 0 Å². The molecule has 5 nitrogen and oxygen atoms in total. The molecule has 86 valence electrons. The maximum Gasteiger partial charge on any atom is 0.341 e. The maximum absolute atomic E-state index is 10.5. The second-order valence-corrected chi connectivity index (χ2v) is 3.11. The Kier molecular flexibility index (Phi) is 4.32. The van der Waals surface area contributed by atoms with Crippen molar-refractivity contribution in [3.8, 4) is 5.75 Å². The molecular weight excluding hydrogens is 212 g/mol. The van der Waals surface area contributed by atoms with Gasteiger partial charge < -0.3 is 14.6 Å². The fraction of sp³-hybridized carbons (Fsp3) is 0.273. The van der Waals surface area contributed by atoms with Crippen molar-refractivity contribution < 1.29 is 24.2 Å². The van der Waals surface area contributed by atoms with Crippen LogP contribution in [0.25, 0.3) is 0 Å². The predicted octanol–water partition coefficient (Wildman–Crippen LogP) is 1.21. The number of carbonyl (C=O) groups excluding carboxylic acids is 1. The van der Waals surface area contributed by atoms with Crippen LogP contribution < -0.4 is 4.74 Å². The Morgan fingerprint density at radius 2 is 1.88 bits per heavy atom. The van der Waals surface area contributed by atoms with Gasteiger partial charge in [-0.1, -0.05) is 12.1 Å². The Hall–Kier alpha value is -2.04. The number of carbonyl (C=O) groups is 2. The molecule has 0 amide bonds. The minimum atomic E-state index is -1.02. The van der Waals surface area contributed by atoms with Gasteiger partial charge in [0.2, 0.25) is 0 Å². The summed E-state index contributed by atoms with van der Waals surface area (Å²) in [5.74, 6) is -0.899. The van der Waals surface area contributed by atoms with Crippen LogP contribution in [0.2, 0.25) is 0 Å². The standard InChI is InChI=1S/C11H12O5/c1-8(12)15-6-9-2-4-10(5-3-9)16-7-11(13)14/h2-5H,6-7H2,1H3,(H,13,14). The average molecular weight is 224 g/mol. The van der Waals surface area contributed by atoms with E-state index >= 15 is 0 Å². The molecule has 0 heterocycles. The molecule has 0 aromatic heterocycles. The van der Waals surface area contributed by atoms with Crippen molar-refractivity contribution in [1.29, 1.82) is 0 Å². The van der Waals surface area contributed by atoms with Crippen LogP contribution in [0.5, 0.6) is 5.75 Å². The summed E-state index contributed by atoms with van der Waals surface area (Å²) < 4.78 is 9.73. The van der Waals surface area contributed by atoms with Gasteiger partial charge in [-0.15, -0.1) is 0 Å². The summed E-state index contributed by atoms with van der Waals surface area (Å²) in [5.41, 5.74) is 0.817. The van der Waals surface area contributed by atoms with Gasteiger partial charge in [-0.3, -0.25) is 4.79 Å². The number of benzene rings is 1. The van der Waals surface area contributed by atoms with Crippen molar-refractivity contribution in [3.05, 3.63) is 29.8 Å². The minimum absolute atomic E-state index is 0.203. The fourth-order valence-electron chi connectivity index (χ4n) is 1.01. The van der Waals surface area contributed by atoms with E-state index in [0.29, 0.717) is 5.75 Å². The van der Waals surface area contributed by atoms with Gasteiger partial charge in [-0.2, -0.15) is 0 Å². The molecule has 0 saturated carbocycles. The van der Waals surface area contributed by atoms with Crippen molar-refractivity contribution >= 4 is 11.9 Å². The van der Waals surface area contributed by atoms with Crippen molar-refractivity contribution in [3.63, 3.8) is 0 Å². The molecule has 0 saturated heterocycles. The van der Waals surface area contributed by atoms with Gasteiger partial charge in [0.1, 0.15) is 12.4 Å². The van der Waals surface area contributed by atoms with E-state index in [1.165, 1.54) is 6.92 Å². The Balaban J connectivity index is 2.47. The second kappa shape index (κ2) is 5.75. The summed E-state index contributed by atoms with van der Waals surface area (Å²) in [5, 5.41) is 8.39. The normalized spacial score (nSPS) is 9.56. The number of carboxylic acids is 1. The zero-order valence-corrected chi connectivity index (χ0v) is 8.80. The lowest BCUT2D eigenvalue weighted by atomic mass is 10.2. The van der Waals surface area contributed by atoms with Crippen molar-refractivity contribution in [2.24, 2.45) is 0 Å². The molecule has 1 aromatic rings. The number of hydrogen-bond acceptors (Lipinski definition) is 4. The third-order valence-electron chi connectivity index (χ3n) is 1.73. The first kappa shape index (κ1) is 12.0. The van der Waals surface area contributed by atoms with Crippen LogP contribution in [0.3, 0.4) is 0 Å². The monoisotopic (exact) mass is 224 g/mol. The van der Waals surface area contributed by atoms with Crippen LogP contribution in [-0.4, -0.2) is 23.7 Å². The van der Waals surface area contributed by atoms with Crippen LogP contribution >= 0.6 is 0 Å². The van der Waals surface area contributed by atoms with Crippen LogP contribution in [0.4, 0.5) is 0 Å². The Morgan fingerprint density at radius 1 is 1.25 bits per heavy atom. The van der Waals surface area contributed by atoms with E-state index in [9.17, 15) is 9.59 Å². The Morgan fingerprint density at radius 3 is 2.38 bits per heavy atom. The summed E-state index contributed by atoms with van der Waals surface area (Å²) in [4.78, 5) is 20.8. The predicted molar refractivity (Wildman–Crippen MR) is 55.0 cm³/mol. The molecule has 16 heavy (non-hydrogen) atoms. The summed E-state index contributed by atoms with van der Waals surface area (Å²) in [6, 6.07) is 6.67. The highest BCUT2D eigenvalue weighted by molar-refractivity contribution is 5.68. The number of aliphatic carboxylic acids is 1. The largest absolute Gasteiger partial charge is 0.482 e. The molecule has 0 bridgehead atoms. The molecule has 1 rings (SSSR count). The summed E-state index contributed by atoms with van der Waals surface area (Å²) in [7, 11) is 0. The molecule has 0 radical (unpaired) electrons. The van der Waals surface area contributed by atoms with E-state index in [-0.39, 0.29) is 19.2 Å². The van der Waals surface area contributed by atoms with Gasteiger partial charge in [0, 0.05) is 6.92 Å². The highest BCUT2D eigenvalue weighted by Gasteiger charge is 2.00. The number of ether oxygens (including phenoxy) is 2. The number of esters is 1. The highest BCUT2D eigenvalue weighted by atomic mass is 16.5. The zero-order chi connectivity index (χ0) is 12.0. The molecule has 0 fully saturated rings. The Labute approximate surface area is 92.6 Å². The number of hydrogen-bond donors (Lipinski definition) is 1. The first-order valence-corrected chi connectivity index (χ1v) is 4.65. The maximum atomic E-state index is 10.5. The summed E-state index contributed by atoms with van der Waals surface area (Å²) in [6.45, 7) is 1.17. The first-order valence-electron chi connectivity index (χ1n) is 4.65. The third kappa shape index (κ3) is 4.45. The Bertz CT molecular complexity index is 331. The van der Waals surface area contributed by atoms with E-state index in [1.54, 1.807) is 24.3 Å². The van der Waals surface area contributed by atoms with E-state index in [0.717, 1.165) is 5.56 Å². The van der Waals surface area contributed by atoms with Gasteiger partial charge in [-0.25, -0.2) is 4.79 Å². The lowest BCUT2D eigenvalue weighted by molar-refractivity contribution is -0.142. The lowest BCUT2D eigenvalue weighted by Gasteiger charge is -2.05. The second-order valence-electron chi connectivity index (χ2n) is 3.11. The van der Waals surface area contributed by atoms with Crippen LogP contribution in [0.15, 0.2) is 24.3 Å². The molecule has 5 heteroatoms. The quantitative estimate of drug-likeness (QED) is 0.761. The van der Waals surface area contributed by atoms with Gasteiger partial charge in [-0.05, 0) is 17.7 Å². The fourth-order valence-corrected chi connectivity index (χ4v) is 1.01. The number of carboxylic acid groups (broad SMARTS) is 1. The molecule has 0 spiro atoms. The van der Waals surface area contributed by atoms with Gasteiger partial charge in [0.15, 0.2) is 6.61 Å². The molecular formula is C11H12O5. The van der Waals surface area contributed by atoms with Crippen LogP contribution in [0, 0.1) is 0 Å². The van der Waals surface area contributed by atoms with E-state index in [2.05, 4.69) is 0 Å². The molecule has 0 aliphatic carbocycles. The van der Waals surface area contributed by atoms with Crippen molar-refractivity contribution in [2.45, 2.75) is 13.5 Å². The van der Waals surface area contributed by atoms with Gasteiger partial charge in [0.05, 0.1) is 0 Å². The lowest BCUT2D eigenvalue weighted by Crippen LogP contribution is -2.09. The topological polar surface area (TPSA) is 72.8 Å². The average Bonchev–Trinajstić information content (AvgIpc) is 2.25. The molecule has 0 atom stereocenters. The first-order chi connectivity index (χ1) is 7.58. The summed E-state index contributed by atoms with van der Waals surface area (Å²) >= 11 is 0. The minimum Gasteiger partial charge on any atom is -0.482 e. The van der Waals surface area contributed by atoms with Crippen molar-refractivity contribution in [1.82, 2.24) is 0 Å². The van der Waals surface area contributed by atoms with E-state index in [4.69, 9.17) is 14.6 Å². The number of rotatable bonds is 5. The SMILES string of the molecule is CC(=O)OCc1ccc(OCC(=O)O)cc1. The van der Waals surface area contributed by atoms with E-state index < -0.39 is 5.97 Å². The molecule has 0 aliphatic heterocycles. The molecule has 0 unspecified atom stereocenters.